The predicted octanol–water partition coefficient (Wildman–Crippen LogP) is 2.96. The maximum absolute atomic E-state index is 11.8. The lowest BCUT2D eigenvalue weighted by atomic mass is 10.1. The van der Waals surface area contributed by atoms with E-state index in [0.717, 1.165) is 17.7 Å². The Balaban J connectivity index is 2.65. The molecule has 1 unspecified atom stereocenters. The summed E-state index contributed by atoms with van der Waals surface area (Å²) < 4.78 is 0. The second kappa shape index (κ2) is 7.79. The molecule has 0 aliphatic heterocycles. The number of benzene rings is 1. The molecule has 1 aromatic rings. The van der Waals surface area contributed by atoms with Gasteiger partial charge in [-0.1, -0.05) is 6.07 Å². The molecule has 0 fully saturated rings. The summed E-state index contributed by atoms with van der Waals surface area (Å²) in [5.74, 6) is -0.0311. The number of amides is 2. The Morgan fingerprint density at radius 2 is 2.10 bits per heavy atom. The average Bonchev–Trinajstić information content (AvgIpc) is 2.38. The number of urea groups is 1. The van der Waals surface area contributed by atoms with Gasteiger partial charge in [-0.2, -0.15) is 11.8 Å². The van der Waals surface area contributed by atoms with E-state index in [1.807, 2.05) is 20.1 Å². The predicted molar refractivity (Wildman–Crippen MR) is 82.8 cm³/mol. The van der Waals surface area contributed by atoms with Gasteiger partial charge in [0.1, 0.15) is 0 Å². The molecule has 0 radical (unpaired) electrons. The standard InChI is InChI=1S/C14H20N2O3S/c1-9-4-5-11(13(17)18)8-12(9)16-14(19)15-10(2)6-7-20-3/h4-5,8,10H,6-7H2,1-3H3,(H,17,18)(H2,15,16,19). The highest BCUT2D eigenvalue weighted by Gasteiger charge is 2.10. The van der Waals surface area contributed by atoms with E-state index in [9.17, 15) is 9.59 Å². The lowest BCUT2D eigenvalue weighted by Gasteiger charge is -2.15. The molecule has 0 spiro atoms. The van der Waals surface area contributed by atoms with E-state index in [1.165, 1.54) is 12.1 Å². The van der Waals surface area contributed by atoms with Crippen molar-refractivity contribution in [3.05, 3.63) is 29.3 Å². The van der Waals surface area contributed by atoms with Crippen molar-refractivity contribution in [1.82, 2.24) is 5.32 Å². The van der Waals surface area contributed by atoms with Gasteiger partial charge in [-0.25, -0.2) is 9.59 Å². The fraction of sp³-hybridized carbons (Fsp3) is 0.429. The van der Waals surface area contributed by atoms with Crippen LogP contribution in [0, 0.1) is 6.92 Å². The molecule has 0 aliphatic carbocycles. The Morgan fingerprint density at radius 3 is 2.70 bits per heavy atom. The van der Waals surface area contributed by atoms with Gasteiger partial charge < -0.3 is 15.7 Å². The molecule has 1 aromatic carbocycles. The van der Waals surface area contributed by atoms with Gasteiger partial charge in [0.15, 0.2) is 0 Å². The summed E-state index contributed by atoms with van der Waals surface area (Å²) in [4.78, 5) is 22.8. The number of aryl methyl sites for hydroxylation is 1. The van der Waals surface area contributed by atoms with Gasteiger partial charge in [0.05, 0.1) is 5.56 Å². The van der Waals surface area contributed by atoms with E-state index in [0.29, 0.717) is 5.69 Å². The molecule has 0 heterocycles. The Bertz CT molecular complexity index is 491. The first kappa shape index (κ1) is 16.4. The van der Waals surface area contributed by atoms with Crippen LogP contribution >= 0.6 is 11.8 Å². The van der Waals surface area contributed by atoms with Gasteiger partial charge in [0, 0.05) is 11.7 Å². The highest BCUT2D eigenvalue weighted by Crippen LogP contribution is 2.17. The Morgan fingerprint density at radius 1 is 1.40 bits per heavy atom. The van der Waals surface area contributed by atoms with Crippen LogP contribution in [0.25, 0.3) is 0 Å². The van der Waals surface area contributed by atoms with Crippen molar-refractivity contribution < 1.29 is 14.7 Å². The molecule has 20 heavy (non-hydrogen) atoms. The van der Waals surface area contributed by atoms with E-state index < -0.39 is 5.97 Å². The van der Waals surface area contributed by atoms with Gasteiger partial charge in [0.2, 0.25) is 0 Å². The summed E-state index contributed by atoms with van der Waals surface area (Å²) in [5.41, 5.74) is 1.49. The molecule has 0 bridgehead atoms. The number of carbonyl (C=O) groups is 2. The molecule has 5 nitrogen and oxygen atoms in total. The lowest BCUT2D eigenvalue weighted by Crippen LogP contribution is -2.36. The van der Waals surface area contributed by atoms with Crippen LogP contribution in [0.5, 0.6) is 0 Å². The van der Waals surface area contributed by atoms with E-state index in [2.05, 4.69) is 10.6 Å². The number of rotatable bonds is 6. The first-order valence-corrected chi connectivity index (χ1v) is 7.73. The maximum Gasteiger partial charge on any atom is 0.335 e. The third kappa shape index (κ3) is 5.13. The molecular formula is C14H20N2O3S. The Labute approximate surface area is 123 Å². The molecule has 1 atom stereocenters. The summed E-state index contributed by atoms with van der Waals surface area (Å²) in [5, 5.41) is 14.5. The Hall–Kier alpha value is -1.69. The van der Waals surface area contributed by atoms with Gasteiger partial charge in [-0.05, 0) is 50.0 Å². The normalized spacial score (nSPS) is 11.8. The number of hydrogen-bond acceptors (Lipinski definition) is 3. The molecule has 0 saturated carbocycles. The van der Waals surface area contributed by atoms with Crippen LogP contribution in [-0.4, -0.2) is 35.2 Å². The van der Waals surface area contributed by atoms with Crippen LogP contribution in [0.1, 0.15) is 29.3 Å². The molecule has 0 aliphatic rings. The molecule has 110 valence electrons. The van der Waals surface area contributed by atoms with Gasteiger partial charge in [-0.15, -0.1) is 0 Å². The average molecular weight is 296 g/mol. The highest BCUT2D eigenvalue weighted by atomic mass is 32.2. The van der Waals surface area contributed by atoms with Crippen molar-refractivity contribution in [2.45, 2.75) is 26.3 Å². The number of nitrogens with one attached hydrogen (secondary N) is 2. The minimum Gasteiger partial charge on any atom is -0.478 e. The molecule has 2 amide bonds. The Kier molecular flexibility index (Phi) is 6.38. The summed E-state index contributed by atoms with van der Waals surface area (Å²) >= 11 is 1.73. The lowest BCUT2D eigenvalue weighted by molar-refractivity contribution is 0.0697. The second-order valence-electron chi connectivity index (χ2n) is 4.62. The minimum atomic E-state index is -1.01. The van der Waals surface area contributed by atoms with E-state index in [-0.39, 0.29) is 17.6 Å². The van der Waals surface area contributed by atoms with Crippen LogP contribution in [0.3, 0.4) is 0 Å². The number of carboxylic acid groups (broad SMARTS) is 1. The summed E-state index contributed by atoms with van der Waals surface area (Å²) in [7, 11) is 0. The van der Waals surface area contributed by atoms with Crippen molar-refractivity contribution in [2.24, 2.45) is 0 Å². The summed E-state index contributed by atoms with van der Waals surface area (Å²) in [6.45, 7) is 3.76. The van der Waals surface area contributed by atoms with Gasteiger partial charge in [0.25, 0.3) is 0 Å². The zero-order valence-corrected chi connectivity index (χ0v) is 12.7. The van der Waals surface area contributed by atoms with Crippen molar-refractivity contribution in [2.75, 3.05) is 17.3 Å². The number of carboxylic acids is 1. The number of anilines is 1. The van der Waals surface area contributed by atoms with Crippen LogP contribution < -0.4 is 10.6 Å². The maximum atomic E-state index is 11.8. The number of aromatic carboxylic acids is 1. The smallest absolute Gasteiger partial charge is 0.335 e. The molecule has 3 N–H and O–H groups in total. The van der Waals surface area contributed by atoms with E-state index in [1.54, 1.807) is 17.8 Å². The largest absolute Gasteiger partial charge is 0.478 e. The highest BCUT2D eigenvalue weighted by molar-refractivity contribution is 7.98. The van der Waals surface area contributed by atoms with Crippen LogP contribution in [0.15, 0.2) is 18.2 Å². The number of hydrogen-bond donors (Lipinski definition) is 3. The van der Waals surface area contributed by atoms with Crippen molar-refractivity contribution in [3.8, 4) is 0 Å². The molecule has 1 rings (SSSR count). The topological polar surface area (TPSA) is 78.4 Å². The number of carbonyl (C=O) groups excluding carboxylic acids is 1. The quantitative estimate of drug-likeness (QED) is 0.754. The first-order chi connectivity index (χ1) is 9.43. The van der Waals surface area contributed by atoms with Crippen molar-refractivity contribution in [3.63, 3.8) is 0 Å². The third-order valence-corrected chi connectivity index (χ3v) is 3.51. The SMILES string of the molecule is CSCCC(C)NC(=O)Nc1cc(C(=O)O)ccc1C. The minimum absolute atomic E-state index is 0.0745. The van der Waals surface area contributed by atoms with Crippen LogP contribution in [-0.2, 0) is 0 Å². The van der Waals surface area contributed by atoms with E-state index in [4.69, 9.17) is 5.11 Å². The van der Waals surface area contributed by atoms with Gasteiger partial charge >= 0.3 is 12.0 Å². The van der Waals surface area contributed by atoms with Crippen molar-refractivity contribution >= 4 is 29.4 Å². The molecule has 0 aromatic heterocycles. The van der Waals surface area contributed by atoms with Gasteiger partial charge in [-0.3, -0.25) is 0 Å². The summed E-state index contributed by atoms with van der Waals surface area (Å²) in [6, 6.07) is 4.41. The first-order valence-electron chi connectivity index (χ1n) is 6.34. The molecule has 0 saturated heterocycles. The van der Waals surface area contributed by atoms with Crippen LogP contribution in [0.4, 0.5) is 10.5 Å². The number of thioether (sulfide) groups is 1. The molecule has 6 heteroatoms. The third-order valence-electron chi connectivity index (χ3n) is 2.87. The van der Waals surface area contributed by atoms with E-state index >= 15 is 0 Å². The second-order valence-corrected chi connectivity index (χ2v) is 5.60. The fourth-order valence-corrected chi connectivity index (χ4v) is 2.23. The fourth-order valence-electron chi connectivity index (χ4n) is 1.64. The van der Waals surface area contributed by atoms with Crippen LogP contribution in [0.2, 0.25) is 0 Å². The summed E-state index contributed by atoms with van der Waals surface area (Å²) in [6.07, 6.45) is 2.91. The molecular weight excluding hydrogens is 276 g/mol. The zero-order chi connectivity index (χ0) is 15.1. The van der Waals surface area contributed by atoms with Crippen molar-refractivity contribution in [1.29, 1.82) is 0 Å². The zero-order valence-electron chi connectivity index (χ0n) is 11.9. The monoisotopic (exact) mass is 296 g/mol.